The second-order valence-corrected chi connectivity index (χ2v) is 8.34. The molecule has 0 N–H and O–H groups in total. The van der Waals surface area contributed by atoms with Crippen molar-refractivity contribution in [2.75, 3.05) is 0 Å². The Bertz CT molecular complexity index is 286. The second kappa shape index (κ2) is 4.40. The van der Waals surface area contributed by atoms with E-state index in [4.69, 9.17) is 0 Å². The summed E-state index contributed by atoms with van der Waals surface area (Å²) in [7, 11) is 0. The minimum absolute atomic E-state index is 0.00984. The van der Waals surface area contributed by atoms with Gasteiger partial charge in [0.25, 0.3) is 0 Å². The van der Waals surface area contributed by atoms with Gasteiger partial charge in [-0.1, -0.05) is 62.3 Å². The molecule has 0 saturated heterocycles. The summed E-state index contributed by atoms with van der Waals surface area (Å²) >= 11 is 0. The van der Waals surface area contributed by atoms with E-state index in [9.17, 15) is 4.79 Å². The number of rotatable bonds is 3. The molecule has 0 saturated carbocycles. The van der Waals surface area contributed by atoms with Crippen molar-refractivity contribution < 1.29 is 4.79 Å². The molecule has 0 aromatic rings. The lowest BCUT2D eigenvalue weighted by molar-refractivity contribution is -0.134. The largest absolute Gasteiger partial charge is 0.300 e. The SMILES string of the molecule is CC(=O)CC(C)(C(C)(C)C)C(C)(C)C(C)(C)C. The van der Waals surface area contributed by atoms with Crippen molar-refractivity contribution >= 4 is 5.78 Å². The van der Waals surface area contributed by atoms with Gasteiger partial charge in [0.05, 0.1) is 0 Å². The maximum absolute atomic E-state index is 11.7. The molecule has 0 spiro atoms. The van der Waals surface area contributed by atoms with Crippen LogP contribution in [0.5, 0.6) is 0 Å². The number of carbonyl (C=O) groups is 1. The molecule has 0 aromatic carbocycles. The highest BCUT2D eigenvalue weighted by molar-refractivity contribution is 5.76. The first kappa shape index (κ1) is 16.7. The minimum Gasteiger partial charge on any atom is -0.300 e. The Labute approximate surface area is 108 Å². The van der Waals surface area contributed by atoms with Crippen molar-refractivity contribution in [1.82, 2.24) is 0 Å². The number of hydrogen-bond donors (Lipinski definition) is 0. The van der Waals surface area contributed by atoms with Crippen molar-refractivity contribution in [3.05, 3.63) is 0 Å². The van der Waals surface area contributed by atoms with Gasteiger partial charge in [-0.3, -0.25) is 0 Å². The summed E-state index contributed by atoms with van der Waals surface area (Å²) < 4.78 is 0. The first-order valence-electron chi connectivity index (χ1n) is 6.66. The smallest absolute Gasteiger partial charge is 0.130 e. The molecule has 1 heteroatoms. The lowest BCUT2D eigenvalue weighted by atomic mass is 9.46. The van der Waals surface area contributed by atoms with E-state index in [1.807, 2.05) is 0 Å². The summed E-state index contributed by atoms with van der Waals surface area (Å²) in [6.45, 7) is 22.2. The second-order valence-electron chi connectivity index (χ2n) is 8.34. The van der Waals surface area contributed by atoms with Crippen molar-refractivity contribution in [3.63, 3.8) is 0 Å². The average Bonchev–Trinajstić information content (AvgIpc) is 1.97. The molecule has 0 rings (SSSR count). The highest BCUT2D eigenvalue weighted by Gasteiger charge is 2.54. The Morgan fingerprint density at radius 1 is 0.765 bits per heavy atom. The third kappa shape index (κ3) is 2.92. The van der Waals surface area contributed by atoms with Gasteiger partial charge in [0.15, 0.2) is 0 Å². The van der Waals surface area contributed by atoms with E-state index in [1.54, 1.807) is 6.92 Å². The Balaban J connectivity index is 5.73. The van der Waals surface area contributed by atoms with Gasteiger partial charge in [0, 0.05) is 6.42 Å². The average molecular weight is 240 g/mol. The Kier molecular flexibility index (Phi) is 4.32. The van der Waals surface area contributed by atoms with E-state index in [0.29, 0.717) is 12.2 Å². The monoisotopic (exact) mass is 240 g/mol. The molecule has 0 heterocycles. The van der Waals surface area contributed by atoms with Gasteiger partial charge in [-0.05, 0) is 28.6 Å². The molecule has 17 heavy (non-hydrogen) atoms. The zero-order chi connectivity index (χ0) is 14.3. The van der Waals surface area contributed by atoms with Crippen molar-refractivity contribution in [3.8, 4) is 0 Å². The van der Waals surface area contributed by atoms with Crippen molar-refractivity contribution in [2.24, 2.45) is 21.7 Å². The lowest BCUT2D eigenvalue weighted by Crippen LogP contribution is -2.52. The minimum atomic E-state index is -0.00984. The van der Waals surface area contributed by atoms with Gasteiger partial charge in [-0.2, -0.15) is 0 Å². The van der Waals surface area contributed by atoms with Gasteiger partial charge in [-0.15, -0.1) is 0 Å². The molecule has 0 aliphatic rings. The van der Waals surface area contributed by atoms with Crippen molar-refractivity contribution in [1.29, 1.82) is 0 Å². The lowest BCUT2D eigenvalue weighted by Gasteiger charge is -2.58. The van der Waals surface area contributed by atoms with Gasteiger partial charge < -0.3 is 4.79 Å². The summed E-state index contributed by atoms with van der Waals surface area (Å²) in [5.74, 6) is 0.291. The van der Waals surface area contributed by atoms with Crippen molar-refractivity contribution in [2.45, 2.75) is 75.7 Å². The number of Topliss-reactive ketones (excluding diaryl/α,β-unsaturated/α-hetero) is 1. The van der Waals surface area contributed by atoms with Crippen LogP contribution in [0.1, 0.15) is 75.7 Å². The van der Waals surface area contributed by atoms with Crippen LogP contribution in [0, 0.1) is 21.7 Å². The van der Waals surface area contributed by atoms with E-state index in [-0.39, 0.29) is 21.7 Å². The maximum Gasteiger partial charge on any atom is 0.130 e. The third-order valence-electron chi connectivity index (χ3n) is 5.51. The normalized spacial score (nSPS) is 17.8. The van der Waals surface area contributed by atoms with Gasteiger partial charge in [0.2, 0.25) is 0 Å². The van der Waals surface area contributed by atoms with Crippen LogP contribution >= 0.6 is 0 Å². The number of carbonyl (C=O) groups excluding carboxylic acids is 1. The fraction of sp³-hybridized carbons (Fsp3) is 0.938. The van der Waals surface area contributed by atoms with Crippen LogP contribution < -0.4 is 0 Å². The van der Waals surface area contributed by atoms with Crippen LogP contribution in [-0.4, -0.2) is 5.78 Å². The molecule has 102 valence electrons. The summed E-state index contributed by atoms with van der Waals surface area (Å²) in [6, 6.07) is 0. The predicted octanol–water partition coefficient (Wildman–Crippen LogP) is 5.09. The highest BCUT2D eigenvalue weighted by Crippen LogP contribution is 2.60. The first-order valence-corrected chi connectivity index (χ1v) is 6.66. The molecule has 0 aliphatic carbocycles. The van der Waals surface area contributed by atoms with Gasteiger partial charge in [0.1, 0.15) is 5.78 Å². The van der Waals surface area contributed by atoms with Crippen LogP contribution in [0.2, 0.25) is 0 Å². The van der Waals surface area contributed by atoms with E-state index in [2.05, 4.69) is 62.3 Å². The van der Waals surface area contributed by atoms with Crippen LogP contribution in [0.25, 0.3) is 0 Å². The highest BCUT2D eigenvalue weighted by atomic mass is 16.1. The van der Waals surface area contributed by atoms with Crippen LogP contribution in [0.4, 0.5) is 0 Å². The molecule has 1 atom stereocenters. The number of ketones is 1. The molecular weight excluding hydrogens is 208 g/mol. The van der Waals surface area contributed by atoms with Gasteiger partial charge in [-0.25, -0.2) is 0 Å². The zero-order valence-electron chi connectivity index (χ0n) is 13.6. The molecule has 0 aliphatic heterocycles. The first-order chi connectivity index (χ1) is 7.17. The third-order valence-corrected chi connectivity index (χ3v) is 5.51. The Hall–Kier alpha value is -0.330. The predicted molar refractivity (Wildman–Crippen MR) is 76.1 cm³/mol. The summed E-state index contributed by atoms with van der Waals surface area (Å²) in [5, 5.41) is 0. The maximum atomic E-state index is 11.7. The molecule has 0 aromatic heterocycles. The molecule has 0 fully saturated rings. The summed E-state index contributed by atoms with van der Waals surface area (Å²) in [6.07, 6.45) is 0.654. The fourth-order valence-corrected chi connectivity index (χ4v) is 2.75. The molecular formula is C16H32O. The van der Waals surface area contributed by atoms with Crippen LogP contribution in [0.3, 0.4) is 0 Å². The van der Waals surface area contributed by atoms with E-state index >= 15 is 0 Å². The van der Waals surface area contributed by atoms with E-state index in [0.717, 1.165) is 0 Å². The fourth-order valence-electron chi connectivity index (χ4n) is 2.75. The van der Waals surface area contributed by atoms with E-state index < -0.39 is 0 Å². The van der Waals surface area contributed by atoms with Crippen LogP contribution in [0.15, 0.2) is 0 Å². The standard InChI is InChI=1S/C16H32O/c1-12(17)11-16(10,14(5,6)7)15(8,9)13(2,3)4/h11H2,1-10H3. The Morgan fingerprint density at radius 2 is 1.12 bits per heavy atom. The molecule has 1 unspecified atom stereocenters. The van der Waals surface area contributed by atoms with E-state index in [1.165, 1.54) is 0 Å². The summed E-state index contributed by atoms with van der Waals surface area (Å²) in [4.78, 5) is 11.7. The summed E-state index contributed by atoms with van der Waals surface area (Å²) in [5.41, 5.74) is 0.355. The van der Waals surface area contributed by atoms with Gasteiger partial charge >= 0.3 is 0 Å². The quantitative estimate of drug-likeness (QED) is 0.671. The molecule has 0 radical (unpaired) electrons. The molecule has 1 nitrogen and oxygen atoms in total. The zero-order valence-corrected chi connectivity index (χ0v) is 13.6. The topological polar surface area (TPSA) is 17.1 Å². The number of hydrogen-bond acceptors (Lipinski definition) is 1. The molecule has 0 bridgehead atoms. The molecule has 0 amide bonds. The Morgan fingerprint density at radius 3 is 1.29 bits per heavy atom. The van der Waals surface area contributed by atoms with Crippen LogP contribution in [-0.2, 0) is 4.79 Å².